The maximum absolute atomic E-state index is 13.4. The highest BCUT2D eigenvalue weighted by molar-refractivity contribution is 6.02. The van der Waals surface area contributed by atoms with E-state index in [1.54, 1.807) is 43.5 Å². The third-order valence-electron chi connectivity index (χ3n) is 2.97. The van der Waals surface area contributed by atoms with Gasteiger partial charge in [-0.15, -0.1) is 0 Å². The van der Waals surface area contributed by atoms with Gasteiger partial charge in [-0.2, -0.15) is 0 Å². The van der Waals surface area contributed by atoms with E-state index in [9.17, 15) is 9.18 Å². The fourth-order valence-electron chi connectivity index (χ4n) is 1.87. The molecule has 0 fully saturated rings. The highest BCUT2D eigenvalue weighted by Gasteiger charge is 2.05. The molecular weight excluding hydrogens is 285 g/mol. The molecule has 2 aromatic rings. The van der Waals surface area contributed by atoms with Crippen molar-refractivity contribution in [2.24, 2.45) is 0 Å². The fourth-order valence-corrected chi connectivity index (χ4v) is 1.87. The first kappa shape index (κ1) is 15.6. The van der Waals surface area contributed by atoms with Gasteiger partial charge >= 0.3 is 0 Å². The van der Waals surface area contributed by atoms with Gasteiger partial charge < -0.3 is 14.8 Å². The van der Waals surface area contributed by atoms with Gasteiger partial charge in [0, 0.05) is 6.08 Å². The Morgan fingerprint density at radius 3 is 2.50 bits per heavy atom. The molecule has 0 aliphatic rings. The Labute approximate surface area is 128 Å². The molecule has 0 atom stereocenters. The summed E-state index contributed by atoms with van der Waals surface area (Å²) in [4.78, 5) is 11.8. The van der Waals surface area contributed by atoms with Crippen molar-refractivity contribution in [1.82, 2.24) is 0 Å². The molecule has 0 spiro atoms. The van der Waals surface area contributed by atoms with Crippen molar-refractivity contribution in [1.29, 1.82) is 0 Å². The number of rotatable bonds is 5. The van der Waals surface area contributed by atoms with Gasteiger partial charge in [-0.05, 0) is 35.9 Å². The summed E-state index contributed by atoms with van der Waals surface area (Å²) in [6, 6.07) is 11.3. The van der Waals surface area contributed by atoms with Crippen molar-refractivity contribution in [2.75, 3.05) is 19.5 Å². The number of amides is 1. The van der Waals surface area contributed by atoms with Gasteiger partial charge in [-0.25, -0.2) is 4.39 Å². The summed E-state index contributed by atoms with van der Waals surface area (Å²) >= 11 is 0. The van der Waals surface area contributed by atoms with E-state index in [2.05, 4.69) is 5.32 Å². The van der Waals surface area contributed by atoms with E-state index in [1.807, 2.05) is 0 Å². The van der Waals surface area contributed by atoms with Crippen LogP contribution in [0.2, 0.25) is 0 Å². The maximum atomic E-state index is 13.4. The largest absolute Gasteiger partial charge is 0.493 e. The molecule has 1 N–H and O–H groups in total. The number of methoxy groups -OCH3 is 2. The van der Waals surface area contributed by atoms with Gasteiger partial charge in [0.25, 0.3) is 0 Å². The maximum Gasteiger partial charge on any atom is 0.248 e. The lowest BCUT2D eigenvalue weighted by atomic mass is 10.2. The van der Waals surface area contributed by atoms with Crippen LogP contribution in [-0.4, -0.2) is 20.1 Å². The Kier molecular flexibility index (Phi) is 5.14. The van der Waals surface area contributed by atoms with E-state index in [0.29, 0.717) is 11.5 Å². The van der Waals surface area contributed by atoms with Crippen LogP contribution in [0.15, 0.2) is 48.5 Å². The summed E-state index contributed by atoms with van der Waals surface area (Å²) in [7, 11) is 3.09. The van der Waals surface area contributed by atoms with E-state index < -0.39 is 11.7 Å². The summed E-state index contributed by atoms with van der Waals surface area (Å²) in [5.74, 6) is 0.282. The number of carbonyl (C=O) groups excluding carboxylic acids is 1. The van der Waals surface area contributed by atoms with Crippen LogP contribution < -0.4 is 14.8 Å². The highest BCUT2D eigenvalue weighted by atomic mass is 19.1. The van der Waals surface area contributed by atoms with Crippen LogP contribution in [0.3, 0.4) is 0 Å². The standard InChI is InChI=1S/C17H16FNO3/c1-21-15-9-7-12(11-16(15)22-2)8-10-17(20)19-14-6-4-3-5-13(14)18/h3-11H,1-2H3,(H,19,20). The van der Waals surface area contributed by atoms with E-state index in [4.69, 9.17) is 9.47 Å². The van der Waals surface area contributed by atoms with Crippen LogP contribution >= 0.6 is 0 Å². The zero-order valence-electron chi connectivity index (χ0n) is 12.3. The molecule has 0 bridgehead atoms. The Hall–Kier alpha value is -2.82. The van der Waals surface area contributed by atoms with Gasteiger partial charge in [-0.1, -0.05) is 18.2 Å². The predicted octanol–water partition coefficient (Wildman–Crippen LogP) is 3.49. The number of para-hydroxylation sites is 1. The minimum absolute atomic E-state index is 0.143. The topological polar surface area (TPSA) is 47.6 Å². The number of nitrogens with one attached hydrogen (secondary N) is 1. The van der Waals surface area contributed by atoms with E-state index in [1.165, 1.54) is 25.3 Å². The molecular formula is C17H16FNO3. The Bertz CT molecular complexity index is 698. The summed E-state index contributed by atoms with van der Waals surface area (Å²) in [6.45, 7) is 0. The highest BCUT2D eigenvalue weighted by Crippen LogP contribution is 2.27. The number of benzene rings is 2. The van der Waals surface area contributed by atoms with Crippen LogP contribution in [0.25, 0.3) is 6.08 Å². The second-order valence-corrected chi connectivity index (χ2v) is 4.42. The third kappa shape index (κ3) is 3.85. The minimum Gasteiger partial charge on any atom is -0.493 e. The van der Waals surface area contributed by atoms with Crippen LogP contribution in [-0.2, 0) is 4.79 Å². The number of hydrogen-bond acceptors (Lipinski definition) is 3. The Morgan fingerprint density at radius 2 is 1.82 bits per heavy atom. The lowest BCUT2D eigenvalue weighted by Gasteiger charge is -2.07. The van der Waals surface area contributed by atoms with Gasteiger partial charge in [0.15, 0.2) is 11.5 Å². The lowest BCUT2D eigenvalue weighted by Crippen LogP contribution is -2.08. The van der Waals surface area contributed by atoms with Crippen molar-refractivity contribution in [3.63, 3.8) is 0 Å². The molecule has 22 heavy (non-hydrogen) atoms. The molecule has 5 heteroatoms. The average Bonchev–Trinajstić information content (AvgIpc) is 2.54. The van der Waals surface area contributed by atoms with Crippen molar-refractivity contribution in [3.8, 4) is 11.5 Å². The van der Waals surface area contributed by atoms with Crippen LogP contribution in [0.1, 0.15) is 5.56 Å². The third-order valence-corrected chi connectivity index (χ3v) is 2.97. The quantitative estimate of drug-likeness (QED) is 0.860. The number of hydrogen-bond donors (Lipinski definition) is 1. The molecule has 114 valence electrons. The molecule has 2 aromatic carbocycles. The van der Waals surface area contributed by atoms with Gasteiger partial charge in [0.05, 0.1) is 19.9 Å². The normalized spacial score (nSPS) is 10.5. The van der Waals surface area contributed by atoms with Gasteiger partial charge in [0.2, 0.25) is 5.91 Å². The summed E-state index contributed by atoms with van der Waals surface area (Å²) < 4.78 is 23.8. The van der Waals surface area contributed by atoms with Crippen molar-refractivity contribution in [3.05, 3.63) is 59.9 Å². The molecule has 0 aliphatic carbocycles. The van der Waals surface area contributed by atoms with Crippen LogP contribution in [0.5, 0.6) is 11.5 Å². The average molecular weight is 301 g/mol. The second-order valence-electron chi connectivity index (χ2n) is 4.42. The Balaban J connectivity index is 2.08. The van der Waals surface area contributed by atoms with E-state index in [0.717, 1.165) is 5.56 Å². The molecule has 1 amide bonds. The molecule has 0 unspecified atom stereocenters. The van der Waals surface area contributed by atoms with E-state index in [-0.39, 0.29) is 5.69 Å². The summed E-state index contributed by atoms with van der Waals surface area (Å²) in [5, 5.41) is 2.47. The minimum atomic E-state index is -0.477. The monoisotopic (exact) mass is 301 g/mol. The van der Waals surface area contributed by atoms with Gasteiger partial charge in [0.1, 0.15) is 5.82 Å². The number of anilines is 1. The first-order valence-electron chi connectivity index (χ1n) is 6.59. The first-order chi connectivity index (χ1) is 10.6. The van der Waals surface area contributed by atoms with Crippen molar-refractivity contribution < 1.29 is 18.7 Å². The first-order valence-corrected chi connectivity index (χ1v) is 6.59. The zero-order chi connectivity index (χ0) is 15.9. The summed E-state index contributed by atoms with van der Waals surface area (Å²) in [5.41, 5.74) is 0.908. The zero-order valence-corrected chi connectivity index (χ0v) is 12.3. The SMILES string of the molecule is COc1ccc(C=CC(=O)Nc2ccccc2F)cc1OC. The molecule has 0 aromatic heterocycles. The smallest absolute Gasteiger partial charge is 0.248 e. The summed E-state index contributed by atoms with van der Waals surface area (Å²) in [6.07, 6.45) is 2.94. The van der Waals surface area contributed by atoms with E-state index >= 15 is 0 Å². The molecule has 0 aliphatic heterocycles. The van der Waals surface area contributed by atoms with Crippen LogP contribution in [0.4, 0.5) is 10.1 Å². The Morgan fingerprint density at radius 1 is 1.09 bits per heavy atom. The molecule has 2 rings (SSSR count). The molecule has 0 radical (unpaired) electrons. The fraction of sp³-hybridized carbons (Fsp3) is 0.118. The van der Waals surface area contributed by atoms with Crippen molar-refractivity contribution in [2.45, 2.75) is 0 Å². The molecule has 4 nitrogen and oxygen atoms in total. The molecule has 0 saturated carbocycles. The lowest BCUT2D eigenvalue weighted by molar-refractivity contribution is -0.111. The number of halogens is 1. The van der Waals surface area contributed by atoms with Crippen LogP contribution in [0, 0.1) is 5.82 Å². The van der Waals surface area contributed by atoms with Crippen molar-refractivity contribution >= 4 is 17.7 Å². The number of carbonyl (C=O) groups is 1. The predicted molar refractivity (Wildman–Crippen MR) is 83.6 cm³/mol. The molecule has 0 saturated heterocycles. The second kappa shape index (κ2) is 7.26. The van der Waals surface area contributed by atoms with Gasteiger partial charge in [-0.3, -0.25) is 4.79 Å². The molecule has 0 heterocycles. The number of ether oxygens (including phenoxy) is 2.